The average molecular weight is 655 g/mol. The van der Waals surface area contributed by atoms with Gasteiger partial charge in [0.2, 0.25) is 0 Å². The summed E-state index contributed by atoms with van der Waals surface area (Å²) in [5.41, 5.74) is 0.0113. The molecule has 0 radical (unpaired) electrons. The zero-order valence-corrected chi connectivity index (χ0v) is 27.3. The van der Waals surface area contributed by atoms with Crippen molar-refractivity contribution in [2.75, 3.05) is 0 Å². The number of carbonyl (C=O) groups excluding carboxylic acids is 2. The summed E-state index contributed by atoms with van der Waals surface area (Å²) < 4.78 is 13.2. The molecule has 0 amide bonds. The molecule has 0 spiro atoms. The van der Waals surface area contributed by atoms with Crippen LogP contribution in [-0.4, -0.2) is 11.9 Å². The molecular weight excluding hydrogens is 621 g/mol. The predicted octanol–water partition coefficient (Wildman–Crippen LogP) is 10.8. The van der Waals surface area contributed by atoms with Gasteiger partial charge in [0.15, 0.2) is 0 Å². The van der Waals surface area contributed by atoms with Gasteiger partial charge < -0.3 is 8.37 Å². The lowest BCUT2D eigenvalue weighted by Crippen LogP contribution is -2.19. The van der Waals surface area contributed by atoms with Gasteiger partial charge >= 0.3 is 11.9 Å². The van der Waals surface area contributed by atoms with Crippen molar-refractivity contribution in [3.05, 3.63) is 194 Å². The quantitative estimate of drug-likeness (QED) is 0.130. The van der Waals surface area contributed by atoms with Crippen molar-refractivity contribution < 1.29 is 18.0 Å². The Morgan fingerprint density at radius 1 is 0.404 bits per heavy atom. The van der Waals surface area contributed by atoms with E-state index in [4.69, 9.17) is 8.37 Å². The van der Waals surface area contributed by atoms with E-state index in [0.29, 0.717) is 0 Å². The van der Waals surface area contributed by atoms with Crippen LogP contribution in [0.1, 0.15) is 6.42 Å². The first-order valence-corrected chi connectivity index (χ1v) is 18.3. The number of hydrogen-bond acceptors (Lipinski definition) is 4. The third kappa shape index (κ3) is 6.52. The van der Waals surface area contributed by atoms with Crippen LogP contribution in [-0.2, 0) is 18.0 Å². The SMILES string of the molecule is C=C(CC(=O)OS(c1ccccc1)(c1ccccc1)c1ccccc1)C(=O)OS(c1ccccc1)(c1ccccc1)c1ccccc1. The van der Waals surface area contributed by atoms with E-state index in [9.17, 15) is 9.59 Å². The molecule has 0 aliphatic carbocycles. The molecule has 234 valence electrons. The van der Waals surface area contributed by atoms with Gasteiger partial charge in [-0.15, -0.1) is 0 Å². The average Bonchev–Trinajstić information content (AvgIpc) is 3.15. The minimum Gasteiger partial charge on any atom is -0.402 e. The highest BCUT2D eigenvalue weighted by Gasteiger charge is 2.38. The third-order valence-corrected chi connectivity index (χ3v) is 14.0. The van der Waals surface area contributed by atoms with Crippen LogP contribution in [0.2, 0.25) is 0 Å². The highest BCUT2D eigenvalue weighted by atomic mass is 32.3. The lowest BCUT2D eigenvalue weighted by atomic mass is 10.2. The van der Waals surface area contributed by atoms with E-state index in [2.05, 4.69) is 6.58 Å². The Balaban J connectivity index is 1.36. The van der Waals surface area contributed by atoms with Crippen LogP contribution in [0.25, 0.3) is 0 Å². The van der Waals surface area contributed by atoms with Crippen molar-refractivity contribution in [2.24, 2.45) is 0 Å². The zero-order valence-electron chi connectivity index (χ0n) is 25.7. The molecule has 6 aromatic rings. The molecule has 47 heavy (non-hydrogen) atoms. The number of benzene rings is 6. The minimum absolute atomic E-state index is 0.0113. The molecular formula is C41H34O4S2. The number of carbonyl (C=O) groups is 2. The van der Waals surface area contributed by atoms with E-state index >= 15 is 0 Å². The zero-order chi connectivity index (χ0) is 32.5. The fourth-order valence-corrected chi connectivity index (χ4v) is 11.5. The van der Waals surface area contributed by atoms with Gasteiger partial charge in [0, 0.05) is 34.9 Å². The Morgan fingerprint density at radius 3 is 0.894 bits per heavy atom. The highest BCUT2D eigenvalue weighted by molar-refractivity contribution is 8.30. The lowest BCUT2D eigenvalue weighted by Gasteiger charge is -2.40. The first-order chi connectivity index (χ1) is 23.0. The molecule has 0 aliphatic rings. The van der Waals surface area contributed by atoms with Gasteiger partial charge in [-0.1, -0.05) is 116 Å². The first-order valence-electron chi connectivity index (χ1n) is 15.1. The summed E-state index contributed by atoms with van der Waals surface area (Å²) in [6.45, 7) is 4.06. The second kappa shape index (κ2) is 14.4. The van der Waals surface area contributed by atoms with Gasteiger partial charge in [-0.05, 0) is 93.4 Å². The maximum absolute atomic E-state index is 14.1. The van der Waals surface area contributed by atoms with Gasteiger partial charge in [0.05, 0.1) is 6.42 Å². The maximum atomic E-state index is 14.1. The molecule has 0 N–H and O–H groups in total. The van der Waals surface area contributed by atoms with Crippen molar-refractivity contribution in [3.63, 3.8) is 0 Å². The van der Waals surface area contributed by atoms with E-state index in [-0.39, 0.29) is 12.0 Å². The minimum atomic E-state index is -2.53. The second-order valence-electron chi connectivity index (χ2n) is 10.6. The van der Waals surface area contributed by atoms with Crippen LogP contribution in [0.3, 0.4) is 0 Å². The summed E-state index contributed by atoms with van der Waals surface area (Å²) in [4.78, 5) is 33.2. The van der Waals surface area contributed by atoms with E-state index in [1.54, 1.807) is 0 Å². The van der Waals surface area contributed by atoms with Gasteiger partial charge in [-0.2, -0.15) is 0 Å². The smallest absolute Gasteiger partial charge is 0.345 e. The topological polar surface area (TPSA) is 52.6 Å². The summed E-state index contributed by atoms with van der Waals surface area (Å²) >= 11 is 0. The molecule has 0 saturated heterocycles. The summed E-state index contributed by atoms with van der Waals surface area (Å²) in [7, 11) is -5.04. The largest absolute Gasteiger partial charge is 0.402 e. The molecule has 6 rings (SSSR count). The highest BCUT2D eigenvalue weighted by Crippen LogP contribution is 2.70. The molecule has 6 heteroatoms. The summed E-state index contributed by atoms with van der Waals surface area (Å²) in [5.74, 6) is -1.23. The van der Waals surface area contributed by atoms with Gasteiger partial charge in [-0.3, -0.25) is 4.79 Å². The Bertz CT molecular complexity index is 1740. The Hall–Kier alpha value is -5.30. The molecule has 0 fully saturated rings. The fourth-order valence-electron chi connectivity index (χ4n) is 5.37. The van der Waals surface area contributed by atoms with E-state index in [1.807, 2.05) is 182 Å². The standard InChI is InChI=1S/C41H34O4S2/c1-33(41(43)45-47(37-26-14-5-15-27-37,38-28-16-6-17-29-38)39-30-18-7-19-31-39)32-40(42)44-46(34-20-8-2-9-21-34,35-22-10-3-11-23-35)36-24-12-4-13-25-36/h2-31H,1,32H2. The summed E-state index contributed by atoms with van der Waals surface area (Å²) in [6.07, 6.45) is -0.339. The molecule has 0 heterocycles. The second-order valence-corrected chi connectivity index (χ2v) is 16.0. The molecule has 0 aromatic heterocycles. The fraction of sp³-hybridized carbons (Fsp3) is 0.0244. The lowest BCUT2D eigenvalue weighted by molar-refractivity contribution is -0.136. The van der Waals surface area contributed by atoms with E-state index < -0.39 is 32.6 Å². The van der Waals surface area contributed by atoms with Crippen molar-refractivity contribution in [3.8, 4) is 0 Å². The molecule has 0 saturated carbocycles. The van der Waals surface area contributed by atoms with E-state index in [1.165, 1.54) is 0 Å². The van der Waals surface area contributed by atoms with Crippen molar-refractivity contribution in [1.29, 1.82) is 0 Å². The van der Waals surface area contributed by atoms with Gasteiger partial charge in [0.25, 0.3) is 0 Å². The monoisotopic (exact) mass is 654 g/mol. The Morgan fingerprint density at radius 2 is 0.638 bits per heavy atom. The van der Waals surface area contributed by atoms with Crippen LogP contribution >= 0.6 is 20.6 Å². The molecule has 4 nitrogen and oxygen atoms in total. The Labute approximate surface area is 279 Å². The van der Waals surface area contributed by atoms with Crippen LogP contribution < -0.4 is 0 Å². The molecule has 0 unspecified atom stereocenters. The molecule has 6 aromatic carbocycles. The summed E-state index contributed by atoms with van der Waals surface area (Å²) in [6, 6.07) is 58.5. The number of rotatable bonds is 11. The first kappa shape index (κ1) is 31.7. The Kier molecular flexibility index (Phi) is 9.72. The molecule has 0 aliphatic heterocycles. The number of hydrogen-bond donors (Lipinski definition) is 0. The van der Waals surface area contributed by atoms with Crippen molar-refractivity contribution in [1.82, 2.24) is 0 Å². The van der Waals surface area contributed by atoms with Gasteiger partial charge in [0.1, 0.15) is 0 Å². The van der Waals surface area contributed by atoms with Crippen LogP contribution in [0.15, 0.2) is 224 Å². The maximum Gasteiger partial charge on any atom is 0.345 e. The van der Waals surface area contributed by atoms with Crippen molar-refractivity contribution >= 4 is 32.6 Å². The molecule has 0 bridgehead atoms. The van der Waals surface area contributed by atoms with Gasteiger partial charge in [-0.25, -0.2) is 4.79 Å². The van der Waals surface area contributed by atoms with Crippen LogP contribution in [0.4, 0.5) is 0 Å². The van der Waals surface area contributed by atoms with E-state index in [0.717, 1.165) is 29.4 Å². The molecule has 0 atom stereocenters. The van der Waals surface area contributed by atoms with Crippen molar-refractivity contribution in [2.45, 2.75) is 35.8 Å². The van der Waals surface area contributed by atoms with Crippen LogP contribution in [0, 0.1) is 0 Å². The normalized spacial score (nSPS) is 12.0. The summed E-state index contributed by atoms with van der Waals surface area (Å²) in [5, 5.41) is 0. The third-order valence-electron chi connectivity index (χ3n) is 7.52. The van der Waals surface area contributed by atoms with Crippen LogP contribution in [0.5, 0.6) is 0 Å². The predicted molar refractivity (Wildman–Crippen MR) is 189 cm³/mol.